The van der Waals surface area contributed by atoms with Gasteiger partial charge in [0.15, 0.2) is 0 Å². The highest BCUT2D eigenvalue weighted by Crippen LogP contribution is 2.30. The number of aromatic nitrogens is 1. The molecule has 1 aromatic carbocycles. The average Bonchev–Trinajstić information content (AvgIpc) is 2.38. The van der Waals surface area contributed by atoms with Crippen LogP contribution in [0.1, 0.15) is 25.1 Å². The van der Waals surface area contributed by atoms with Crippen molar-refractivity contribution >= 4 is 16.6 Å². The van der Waals surface area contributed by atoms with Crippen LogP contribution in [0.3, 0.4) is 0 Å². The summed E-state index contributed by atoms with van der Waals surface area (Å²) in [4.78, 5) is 4.71. The minimum Gasteiger partial charge on any atom is -0.494 e. The fourth-order valence-electron chi connectivity index (χ4n) is 2.31. The van der Waals surface area contributed by atoms with Crippen LogP contribution in [-0.2, 0) is 6.42 Å². The molecule has 0 amide bonds. The Labute approximate surface area is 108 Å². The first kappa shape index (κ1) is 12.7. The number of rotatable bonds is 4. The molecule has 1 aromatic heterocycles. The number of hydrogen-bond acceptors (Lipinski definition) is 3. The number of hydrogen-bond donors (Lipinski definition) is 1. The molecule has 3 heteroatoms. The molecule has 0 saturated carbocycles. The van der Waals surface area contributed by atoms with Crippen molar-refractivity contribution in [2.75, 3.05) is 19.0 Å². The molecule has 0 bridgehead atoms. The average molecular weight is 244 g/mol. The highest BCUT2D eigenvalue weighted by molar-refractivity contribution is 5.94. The Morgan fingerprint density at radius 1 is 1.28 bits per heavy atom. The molecule has 0 radical (unpaired) electrons. The molecule has 2 aromatic rings. The van der Waals surface area contributed by atoms with Gasteiger partial charge in [-0.05, 0) is 44.0 Å². The number of nitrogens with one attached hydrogen (secondary N) is 1. The van der Waals surface area contributed by atoms with Crippen LogP contribution in [0.15, 0.2) is 18.2 Å². The largest absolute Gasteiger partial charge is 0.494 e. The van der Waals surface area contributed by atoms with Crippen LogP contribution in [0.25, 0.3) is 10.9 Å². The zero-order valence-electron chi connectivity index (χ0n) is 11.5. The Morgan fingerprint density at radius 3 is 2.67 bits per heavy atom. The van der Waals surface area contributed by atoms with E-state index in [4.69, 9.17) is 9.72 Å². The standard InChI is InChI=1S/C15H20N2O/c1-5-13-10(3)15(16-4)12-9-11(18-6-2)7-8-14(12)17-13/h7-9H,5-6H2,1-4H3,(H,16,17). The smallest absolute Gasteiger partial charge is 0.120 e. The van der Waals surface area contributed by atoms with Crippen molar-refractivity contribution in [3.8, 4) is 5.75 Å². The third kappa shape index (κ3) is 2.13. The van der Waals surface area contributed by atoms with Gasteiger partial charge in [0.05, 0.1) is 12.1 Å². The second-order valence-electron chi connectivity index (χ2n) is 4.27. The first-order valence-corrected chi connectivity index (χ1v) is 6.45. The fourth-order valence-corrected chi connectivity index (χ4v) is 2.31. The van der Waals surface area contributed by atoms with Crippen molar-refractivity contribution in [2.24, 2.45) is 0 Å². The number of anilines is 1. The van der Waals surface area contributed by atoms with Gasteiger partial charge >= 0.3 is 0 Å². The predicted octanol–water partition coefficient (Wildman–Crippen LogP) is 3.55. The van der Waals surface area contributed by atoms with Crippen molar-refractivity contribution in [1.29, 1.82) is 0 Å². The normalized spacial score (nSPS) is 10.7. The van der Waals surface area contributed by atoms with Gasteiger partial charge < -0.3 is 10.1 Å². The van der Waals surface area contributed by atoms with Gasteiger partial charge in [0.1, 0.15) is 5.75 Å². The van der Waals surface area contributed by atoms with Crippen molar-refractivity contribution < 1.29 is 4.74 Å². The van der Waals surface area contributed by atoms with E-state index >= 15 is 0 Å². The number of fused-ring (bicyclic) bond motifs is 1. The summed E-state index contributed by atoms with van der Waals surface area (Å²) in [6.07, 6.45) is 0.948. The van der Waals surface area contributed by atoms with Gasteiger partial charge in [0.25, 0.3) is 0 Å². The van der Waals surface area contributed by atoms with Crippen LogP contribution in [0, 0.1) is 6.92 Å². The van der Waals surface area contributed by atoms with Crippen LogP contribution >= 0.6 is 0 Å². The van der Waals surface area contributed by atoms with Crippen LogP contribution in [0.2, 0.25) is 0 Å². The maximum Gasteiger partial charge on any atom is 0.120 e. The van der Waals surface area contributed by atoms with E-state index in [1.165, 1.54) is 5.56 Å². The molecule has 3 nitrogen and oxygen atoms in total. The maximum atomic E-state index is 5.55. The van der Waals surface area contributed by atoms with Gasteiger partial charge in [-0.3, -0.25) is 4.98 Å². The Kier molecular flexibility index (Phi) is 3.70. The van der Waals surface area contributed by atoms with Crippen molar-refractivity contribution in [3.05, 3.63) is 29.5 Å². The summed E-state index contributed by atoms with van der Waals surface area (Å²) in [5.41, 5.74) is 4.54. The van der Waals surface area contributed by atoms with E-state index in [9.17, 15) is 0 Å². The number of nitrogens with zero attached hydrogens (tertiary/aromatic N) is 1. The molecule has 0 spiro atoms. The first-order valence-electron chi connectivity index (χ1n) is 6.45. The van der Waals surface area contributed by atoms with E-state index in [2.05, 4.69) is 25.2 Å². The lowest BCUT2D eigenvalue weighted by atomic mass is 10.1. The zero-order valence-corrected chi connectivity index (χ0v) is 11.5. The van der Waals surface area contributed by atoms with Gasteiger partial charge in [-0.25, -0.2) is 0 Å². The van der Waals surface area contributed by atoms with Crippen molar-refractivity contribution in [1.82, 2.24) is 4.98 Å². The molecule has 0 fully saturated rings. The van der Waals surface area contributed by atoms with Gasteiger partial charge in [-0.2, -0.15) is 0 Å². The summed E-state index contributed by atoms with van der Waals surface area (Å²) in [5.74, 6) is 0.895. The Bertz CT molecular complexity index is 564. The molecule has 18 heavy (non-hydrogen) atoms. The maximum absolute atomic E-state index is 5.55. The minimum atomic E-state index is 0.680. The fraction of sp³-hybridized carbons (Fsp3) is 0.400. The Hall–Kier alpha value is -1.77. The molecular weight excluding hydrogens is 224 g/mol. The number of benzene rings is 1. The van der Waals surface area contributed by atoms with E-state index in [1.807, 2.05) is 26.1 Å². The predicted molar refractivity (Wildman–Crippen MR) is 76.6 cm³/mol. The van der Waals surface area contributed by atoms with Gasteiger partial charge in [0, 0.05) is 23.8 Å². The molecule has 0 saturated heterocycles. The Balaban J connectivity index is 2.69. The van der Waals surface area contributed by atoms with E-state index in [1.54, 1.807) is 0 Å². The second-order valence-corrected chi connectivity index (χ2v) is 4.27. The van der Waals surface area contributed by atoms with E-state index < -0.39 is 0 Å². The molecule has 0 unspecified atom stereocenters. The molecule has 1 N–H and O–H groups in total. The molecule has 2 rings (SSSR count). The van der Waals surface area contributed by atoms with Gasteiger partial charge in [0.2, 0.25) is 0 Å². The Morgan fingerprint density at radius 2 is 2.06 bits per heavy atom. The van der Waals surface area contributed by atoms with Crippen molar-refractivity contribution in [2.45, 2.75) is 27.2 Å². The summed E-state index contributed by atoms with van der Waals surface area (Å²) in [7, 11) is 1.95. The highest BCUT2D eigenvalue weighted by Gasteiger charge is 2.10. The quantitative estimate of drug-likeness (QED) is 0.893. The lowest BCUT2D eigenvalue weighted by molar-refractivity contribution is 0.340. The monoisotopic (exact) mass is 244 g/mol. The summed E-state index contributed by atoms with van der Waals surface area (Å²) >= 11 is 0. The summed E-state index contributed by atoms with van der Waals surface area (Å²) in [6.45, 7) is 6.92. The second kappa shape index (κ2) is 5.25. The molecule has 0 aliphatic carbocycles. The lowest BCUT2D eigenvalue weighted by Crippen LogP contribution is -2.01. The van der Waals surface area contributed by atoms with E-state index in [0.717, 1.165) is 34.5 Å². The van der Waals surface area contributed by atoms with E-state index in [0.29, 0.717) is 6.61 Å². The first-order chi connectivity index (χ1) is 8.71. The third-order valence-corrected chi connectivity index (χ3v) is 3.20. The molecule has 96 valence electrons. The van der Waals surface area contributed by atoms with E-state index in [-0.39, 0.29) is 0 Å². The zero-order chi connectivity index (χ0) is 13.1. The SMILES string of the molecule is CCOc1ccc2nc(CC)c(C)c(NC)c2c1. The lowest BCUT2D eigenvalue weighted by Gasteiger charge is -2.14. The number of ether oxygens (including phenoxy) is 1. The van der Waals surface area contributed by atoms with Crippen LogP contribution in [0.4, 0.5) is 5.69 Å². The van der Waals surface area contributed by atoms with Gasteiger partial charge in [-0.1, -0.05) is 6.92 Å². The van der Waals surface area contributed by atoms with Crippen LogP contribution in [-0.4, -0.2) is 18.6 Å². The highest BCUT2D eigenvalue weighted by atomic mass is 16.5. The number of aryl methyl sites for hydroxylation is 1. The third-order valence-electron chi connectivity index (χ3n) is 3.20. The minimum absolute atomic E-state index is 0.680. The summed E-state index contributed by atoms with van der Waals surface area (Å²) in [5, 5.41) is 4.41. The summed E-state index contributed by atoms with van der Waals surface area (Å²) < 4.78 is 5.55. The summed E-state index contributed by atoms with van der Waals surface area (Å²) in [6, 6.07) is 6.07. The van der Waals surface area contributed by atoms with Crippen molar-refractivity contribution in [3.63, 3.8) is 0 Å². The number of pyridine rings is 1. The topological polar surface area (TPSA) is 34.1 Å². The van der Waals surface area contributed by atoms with Crippen LogP contribution < -0.4 is 10.1 Å². The van der Waals surface area contributed by atoms with Crippen LogP contribution in [0.5, 0.6) is 5.75 Å². The molecular formula is C15H20N2O. The molecule has 0 atom stereocenters. The molecule has 0 aliphatic heterocycles. The van der Waals surface area contributed by atoms with Gasteiger partial charge in [-0.15, -0.1) is 0 Å². The molecule has 0 aliphatic rings. The molecule has 1 heterocycles.